The summed E-state index contributed by atoms with van der Waals surface area (Å²) >= 11 is 0. The average molecular weight is 226 g/mol. The number of ether oxygens (including phenoxy) is 2. The van der Waals surface area contributed by atoms with E-state index in [9.17, 15) is 14.7 Å². The van der Waals surface area contributed by atoms with Crippen LogP contribution in [0.4, 0.5) is 0 Å². The first-order chi connectivity index (χ1) is 7.45. The molecule has 0 radical (unpaired) electrons. The summed E-state index contributed by atoms with van der Waals surface area (Å²) in [7, 11) is 0. The number of cyclic esters (lactones) is 1. The van der Waals surface area contributed by atoms with Crippen LogP contribution in [0.3, 0.4) is 0 Å². The maximum atomic E-state index is 11.3. The van der Waals surface area contributed by atoms with Crippen molar-refractivity contribution in [3.63, 3.8) is 0 Å². The number of aliphatic hydroxyl groups is 1. The third kappa shape index (κ3) is 1.51. The molecule has 1 aliphatic carbocycles. The van der Waals surface area contributed by atoms with Crippen LogP contribution < -0.4 is 0 Å². The number of fused-ring (bicyclic) bond motifs is 1. The van der Waals surface area contributed by atoms with Crippen LogP contribution in [-0.4, -0.2) is 35.4 Å². The van der Waals surface area contributed by atoms with Gasteiger partial charge in [-0.1, -0.05) is 0 Å². The molecule has 0 bridgehead atoms. The highest BCUT2D eigenvalue weighted by Crippen LogP contribution is 2.42. The zero-order chi connectivity index (χ0) is 11.9. The van der Waals surface area contributed by atoms with E-state index in [0.29, 0.717) is 24.0 Å². The Hall–Kier alpha value is -1.36. The van der Waals surface area contributed by atoms with Crippen LogP contribution in [0.5, 0.6) is 0 Å². The first-order valence-corrected chi connectivity index (χ1v) is 5.22. The molecule has 0 unspecified atom stereocenters. The summed E-state index contributed by atoms with van der Waals surface area (Å²) < 4.78 is 9.93. The van der Waals surface area contributed by atoms with Gasteiger partial charge in [-0.05, 0) is 25.3 Å². The van der Waals surface area contributed by atoms with Crippen LogP contribution in [0, 0.1) is 0 Å². The molecule has 1 fully saturated rings. The molecule has 0 aromatic heterocycles. The predicted octanol–water partition coefficient (Wildman–Crippen LogP) is 0.316. The summed E-state index contributed by atoms with van der Waals surface area (Å²) in [5, 5.41) is 10.4. The molecule has 2 atom stereocenters. The van der Waals surface area contributed by atoms with Crippen molar-refractivity contribution >= 4 is 11.9 Å². The number of hydrogen-bond acceptors (Lipinski definition) is 5. The zero-order valence-electron chi connectivity index (χ0n) is 9.28. The molecule has 0 spiro atoms. The quantitative estimate of drug-likeness (QED) is 0.652. The minimum Gasteiger partial charge on any atom is -0.459 e. The topological polar surface area (TPSA) is 72.8 Å². The molecule has 1 aliphatic heterocycles. The Balaban J connectivity index is 2.33. The van der Waals surface area contributed by atoms with Gasteiger partial charge in [-0.2, -0.15) is 0 Å². The summed E-state index contributed by atoms with van der Waals surface area (Å²) in [6.45, 7) is 2.79. The first kappa shape index (κ1) is 11.1. The van der Waals surface area contributed by atoms with Crippen molar-refractivity contribution in [3.05, 3.63) is 11.1 Å². The summed E-state index contributed by atoms with van der Waals surface area (Å²) in [5.74, 6) is -0.836. The van der Waals surface area contributed by atoms with E-state index in [1.54, 1.807) is 6.92 Å². The highest BCUT2D eigenvalue weighted by atomic mass is 16.6. The van der Waals surface area contributed by atoms with Crippen molar-refractivity contribution in [2.75, 3.05) is 6.61 Å². The van der Waals surface area contributed by atoms with Gasteiger partial charge < -0.3 is 14.6 Å². The molecular formula is C11H14O5. The molecule has 1 N–H and O–H groups in total. The molecule has 0 aromatic rings. The van der Waals surface area contributed by atoms with Gasteiger partial charge in [0.2, 0.25) is 0 Å². The standard InChI is InChI=1S/C11H14O5/c1-6-8-3-4-9(16-7(2)12)11(8,14)5-15-10(6)13/h9,14H,3-5H2,1-2H3/t9-,11+/m0/s1. The largest absolute Gasteiger partial charge is 0.459 e. The Morgan fingerprint density at radius 2 is 2.31 bits per heavy atom. The van der Waals surface area contributed by atoms with Crippen LogP contribution in [0.25, 0.3) is 0 Å². The highest BCUT2D eigenvalue weighted by molar-refractivity contribution is 5.90. The lowest BCUT2D eigenvalue weighted by atomic mass is 9.90. The molecule has 1 heterocycles. The van der Waals surface area contributed by atoms with E-state index in [2.05, 4.69) is 0 Å². The van der Waals surface area contributed by atoms with Gasteiger partial charge in [0.05, 0.1) is 0 Å². The van der Waals surface area contributed by atoms with Crippen LogP contribution >= 0.6 is 0 Å². The maximum Gasteiger partial charge on any atom is 0.333 e. The number of esters is 2. The molecule has 5 nitrogen and oxygen atoms in total. The third-order valence-electron chi connectivity index (χ3n) is 3.20. The lowest BCUT2D eigenvalue weighted by Crippen LogP contribution is -2.49. The molecule has 2 rings (SSSR count). The fourth-order valence-electron chi connectivity index (χ4n) is 2.38. The monoisotopic (exact) mass is 226 g/mol. The fraction of sp³-hybridized carbons (Fsp3) is 0.636. The molecule has 2 aliphatic rings. The smallest absolute Gasteiger partial charge is 0.333 e. The molecule has 16 heavy (non-hydrogen) atoms. The lowest BCUT2D eigenvalue weighted by Gasteiger charge is -2.33. The summed E-state index contributed by atoms with van der Waals surface area (Å²) in [6.07, 6.45) is 0.484. The van der Waals surface area contributed by atoms with E-state index in [-0.39, 0.29) is 6.61 Å². The molecule has 88 valence electrons. The Morgan fingerprint density at radius 3 is 2.94 bits per heavy atom. The van der Waals surface area contributed by atoms with E-state index in [0.717, 1.165) is 0 Å². The van der Waals surface area contributed by atoms with Crippen molar-refractivity contribution in [2.24, 2.45) is 0 Å². The van der Waals surface area contributed by atoms with E-state index in [1.165, 1.54) is 6.92 Å². The second kappa shape index (κ2) is 3.59. The van der Waals surface area contributed by atoms with Crippen molar-refractivity contribution < 1.29 is 24.2 Å². The van der Waals surface area contributed by atoms with Crippen molar-refractivity contribution in [1.29, 1.82) is 0 Å². The van der Waals surface area contributed by atoms with Gasteiger partial charge in [0, 0.05) is 12.5 Å². The molecule has 5 heteroatoms. The molecule has 0 aromatic carbocycles. The van der Waals surface area contributed by atoms with Gasteiger partial charge >= 0.3 is 11.9 Å². The number of hydrogen-bond donors (Lipinski definition) is 1. The first-order valence-electron chi connectivity index (χ1n) is 5.22. The van der Waals surface area contributed by atoms with Crippen molar-refractivity contribution in [3.8, 4) is 0 Å². The van der Waals surface area contributed by atoms with Crippen LogP contribution in [0.2, 0.25) is 0 Å². The SMILES string of the molecule is CC(=O)O[C@H]1CCC2=C(C)C(=O)OC[C@@]21O. The Kier molecular flexibility index (Phi) is 2.50. The number of carbonyl (C=O) groups is 2. The number of rotatable bonds is 1. The molecule has 0 saturated heterocycles. The van der Waals surface area contributed by atoms with Crippen molar-refractivity contribution in [2.45, 2.75) is 38.4 Å². The van der Waals surface area contributed by atoms with Gasteiger partial charge in [0.25, 0.3) is 0 Å². The number of carbonyl (C=O) groups excluding carboxylic acids is 2. The van der Waals surface area contributed by atoms with Gasteiger partial charge in [-0.15, -0.1) is 0 Å². The van der Waals surface area contributed by atoms with E-state index in [1.807, 2.05) is 0 Å². The zero-order valence-corrected chi connectivity index (χ0v) is 9.28. The maximum absolute atomic E-state index is 11.3. The van der Waals surface area contributed by atoms with E-state index < -0.39 is 23.6 Å². The van der Waals surface area contributed by atoms with Gasteiger partial charge in [-0.25, -0.2) is 4.79 Å². The van der Waals surface area contributed by atoms with Crippen LogP contribution in [0.1, 0.15) is 26.7 Å². The minimum absolute atomic E-state index is 0.129. The van der Waals surface area contributed by atoms with E-state index in [4.69, 9.17) is 9.47 Å². The minimum atomic E-state index is -1.32. The Morgan fingerprint density at radius 1 is 1.62 bits per heavy atom. The summed E-state index contributed by atoms with van der Waals surface area (Å²) in [4.78, 5) is 22.2. The van der Waals surface area contributed by atoms with E-state index >= 15 is 0 Å². The van der Waals surface area contributed by atoms with Gasteiger partial charge in [-0.3, -0.25) is 4.79 Å². The van der Waals surface area contributed by atoms with Gasteiger partial charge in [0.15, 0.2) is 5.60 Å². The molecule has 0 amide bonds. The van der Waals surface area contributed by atoms with Crippen molar-refractivity contribution in [1.82, 2.24) is 0 Å². The molecule has 1 saturated carbocycles. The van der Waals surface area contributed by atoms with Crippen LogP contribution in [-0.2, 0) is 19.1 Å². The second-order valence-electron chi connectivity index (χ2n) is 4.24. The second-order valence-corrected chi connectivity index (χ2v) is 4.24. The summed E-state index contributed by atoms with van der Waals surface area (Å²) in [6, 6.07) is 0. The normalized spacial score (nSPS) is 33.4. The summed E-state index contributed by atoms with van der Waals surface area (Å²) in [5.41, 5.74) is -0.234. The fourth-order valence-corrected chi connectivity index (χ4v) is 2.38. The van der Waals surface area contributed by atoms with Crippen LogP contribution in [0.15, 0.2) is 11.1 Å². The predicted molar refractivity (Wildman–Crippen MR) is 53.4 cm³/mol. The molecular weight excluding hydrogens is 212 g/mol. The van der Waals surface area contributed by atoms with Gasteiger partial charge in [0.1, 0.15) is 12.7 Å². The average Bonchev–Trinajstić information content (AvgIpc) is 2.51. The Bertz CT molecular complexity index is 384. The third-order valence-corrected chi connectivity index (χ3v) is 3.20. The lowest BCUT2D eigenvalue weighted by molar-refractivity contribution is -0.167. The highest BCUT2D eigenvalue weighted by Gasteiger charge is 2.52. The Labute approximate surface area is 93.0 Å².